The van der Waals surface area contributed by atoms with Gasteiger partial charge in [0, 0.05) is 5.92 Å². The summed E-state index contributed by atoms with van der Waals surface area (Å²) in [6.45, 7) is 12.5. The van der Waals surface area contributed by atoms with E-state index in [1.54, 1.807) is 6.92 Å². The molecular formula is C12H22O3Si. The minimum Gasteiger partial charge on any atom is -0.456 e. The van der Waals surface area contributed by atoms with Crippen molar-refractivity contribution in [3.8, 4) is 11.8 Å². The van der Waals surface area contributed by atoms with Crippen molar-refractivity contribution in [2.75, 3.05) is 6.61 Å². The molecular weight excluding hydrogens is 220 g/mol. The van der Waals surface area contributed by atoms with Crippen molar-refractivity contribution in [2.24, 2.45) is 5.92 Å². The lowest BCUT2D eigenvalue weighted by molar-refractivity contribution is -0.136. The highest BCUT2D eigenvalue weighted by Gasteiger charge is 2.22. The van der Waals surface area contributed by atoms with Crippen LogP contribution in [-0.4, -0.2) is 27.0 Å². The molecule has 0 rings (SSSR count). The van der Waals surface area contributed by atoms with E-state index < -0.39 is 14.3 Å². The molecule has 16 heavy (non-hydrogen) atoms. The maximum atomic E-state index is 11.1. The van der Waals surface area contributed by atoms with Gasteiger partial charge in [0.05, 0.1) is 6.61 Å². The molecule has 4 heteroatoms. The SMILES string of the molecule is CCOC(=O)C#CC(O[Si](C)(C)C)C(C)C. The highest BCUT2D eigenvalue weighted by Crippen LogP contribution is 2.13. The van der Waals surface area contributed by atoms with Gasteiger partial charge in [-0.25, -0.2) is 4.79 Å². The Kier molecular flexibility index (Phi) is 6.38. The summed E-state index contributed by atoms with van der Waals surface area (Å²) in [4.78, 5) is 11.1. The Morgan fingerprint density at radius 3 is 2.25 bits per heavy atom. The summed E-state index contributed by atoms with van der Waals surface area (Å²) in [6, 6.07) is 0. The molecule has 1 unspecified atom stereocenters. The Balaban J connectivity index is 4.51. The fourth-order valence-electron chi connectivity index (χ4n) is 1.01. The molecule has 0 saturated carbocycles. The van der Waals surface area contributed by atoms with Gasteiger partial charge in [-0.15, -0.1) is 0 Å². The van der Waals surface area contributed by atoms with Gasteiger partial charge in [0.15, 0.2) is 8.32 Å². The molecule has 0 heterocycles. The zero-order valence-electron chi connectivity index (χ0n) is 11.1. The van der Waals surface area contributed by atoms with Gasteiger partial charge in [-0.05, 0) is 32.5 Å². The molecule has 0 aliphatic heterocycles. The number of carbonyl (C=O) groups excluding carboxylic acids is 1. The maximum Gasteiger partial charge on any atom is 0.384 e. The lowest BCUT2D eigenvalue weighted by atomic mass is 10.1. The number of rotatable bonds is 4. The van der Waals surface area contributed by atoms with E-state index in [4.69, 9.17) is 9.16 Å². The van der Waals surface area contributed by atoms with Crippen LogP contribution in [0.1, 0.15) is 20.8 Å². The Bertz CT molecular complexity index is 281. The van der Waals surface area contributed by atoms with Gasteiger partial charge in [0.25, 0.3) is 0 Å². The van der Waals surface area contributed by atoms with E-state index in [1.165, 1.54) is 0 Å². The number of carbonyl (C=O) groups is 1. The van der Waals surface area contributed by atoms with E-state index in [2.05, 4.69) is 31.5 Å². The highest BCUT2D eigenvalue weighted by molar-refractivity contribution is 6.69. The highest BCUT2D eigenvalue weighted by atomic mass is 28.4. The third-order valence-corrected chi connectivity index (χ3v) is 2.64. The fraction of sp³-hybridized carbons (Fsp3) is 0.750. The quantitative estimate of drug-likeness (QED) is 0.329. The Morgan fingerprint density at radius 1 is 1.31 bits per heavy atom. The average Bonchev–Trinajstić information content (AvgIpc) is 2.10. The number of hydrogen-bond donors (Lipinski definition) is 0. The maximum absolute atomic E-state index is 11.1. The van der Waals surface area contributed by atoms with Crippen molar-refractivity contribution in [3.05, 3.63) is 0 Å². The predicted octanol–water partition coefficient (Wildman–Crippen LogP) is 2.43. The molecule has 92 valence electrons. The van der Waals surface area contributed by atoms with Gasteiger partial charge in [-0.1, -0.05) is 19.8 Å². The van der Waals surface area contributed by atoms with Gasteiger partial charge in [-0.3, -0.25) is 0 Å². The molecule has 0 radical (unpaired) electrons. The van der Waals surface area contributed by atoms with E-state index in [1.807, 2.05) is 13.8 Å². The molecule has 1 atom stereocenters. The van der Waals surface area contributed by atoms with Crippen LogP contribution in [0.4, 0.5) is 0 Å². The van der Waals surface area contributed by atoms with E-state index in [9.17, 15) is 4.79 Å². The smallest absolute Gasteiger partial charge is 0.384 e. The van der Waals surface area contributed by atoms with Crippen LogP contribution in [0, 0.1) is 17.8 Å². The molecule has 0 fully saturated rings. The number of hydrogen-bond acceptors (Lipinski definition) is 3. The van der Waals surface area contributed by atoms with Crippen molar-refractivity contribution >= 4 is 14.3 Å². The first-order valence-electron chi connectivity index (χ1n) is 5.62. The van der Waals surface area contributed by atoms with Crippen LogP contribution >= 0.6 is 0 Å². The second kappa shape index (κ2) is 6.72. The molecule has 3 nitrogen and oxygen atoms in total. The van der Waals surface area contributed by atoms with Crippen LogP contribution in [0.5, 0.6) is 0 Å². The monoisotopic (exact) mass is 242 g/mol. The normalized spacial score (nSPS) is 12.9. The minimum atomic E-state index is -1.63. The van der Waals surface area contributed by atoms with E-state index >= 15 is 0 Å². The Hall–Kier alpha value is -0.793. The lowest BCUT2D eigenvalue weighted by Gasteiger charge is -2.25. The van der Waals surface area contributed by atoms with Crippen molar-refractivity contribution in [3.63, 3.8) is 0 Å². The first kappa shape index (κ1) is 15.2. The summed E-state index contributed by atoms with van der Waals surface area (Å²) < 4.78 is 10.6. The van der Waals surface area contributed by atoms with Gasteiger partial charge in [0.2, 0.25) is 0 Å². The van der Waals surface area contributed by atoms with Crippen LogP contribution < -0.4 is 0 Å². The number of esters is 1. The van der Waals surface area contributed by atoms with Crippen LogP contribution in [0.25, 0.3) is 0 Å². The molecule has 0 aliphatic rings. The third kappa shape index (κ3) is 7.49. The molecule has 0 N–H and O–H groups in total. The first-order valence-corrected chi connectivity index (χ1v) is 9.03. The minimum absolute atomic E-state index is 0.184. The van der Waals surface area contributed by atoms with Gasteiger partial charge in [0.1, 0.15) is 6.10 Å². The van der Waals surface area contributed by atoms with Gasteiger partial charge >= 0.3 is 5.97 Å². The second-order valence-corrected chi connectivity index (χ2v) is 9.35. The van der Waals surface area contributed by atoms with Gasteiger partial charge < -0.3 is 9.16 Å². The molecule has 0 aliphatic carbocycles. The molecule has 0 bridgehead atoms. The number of ether oxygens (including phenoxy) is 1. The molecule has 0 saturated heterocycles. The molecule has 0 aromatic rings. The molecule has 0 aromatic heterocycles. The first-order chi connectivity index (χ1) is 7.26. The largest absolute Gasteiger partial charge is 0.456 e. The Morgan fingerprint density at radius 2 is 1.88 bits per heavy atom. The third-order valence-electron chi connectivity index (χ3n) is 1.68. The topological polar surface area (TPSA) is 35.5 Å². The van der Waals surface area contributed by atoms with Crippen LogP contribution in [0.3, 0.4) is 0 Å². The van der Waals surface area contributed by atoms with Crippen LogP contribution in [0.15, 0.2) is 0 Å². The summed E-state index contributed by atoms with van der Waals surface area (Å²) in [5.74, 6) is 5.11. The molecule has 0 spiro atoms. The standard InChI is InChI=1S/C12H22O3Si/c1-7-14-12(13)9-8-11(10(2)3)15-16(4,5)6/h10-11H,7H2,1-6H3. The summed E-state index contributed by atoms with van der Waals surface area (Å²) in [7, 11) is -1.63. The molecule has 0 amide bonds. The fourth-order valence-corrected chi connectivity index (χ4v) is 2.10. The predicted molar refractivity (Wildman–Crippen MR) is 67.5 cm³/mol. The average molecular weight is 242 g/mol. The van der Waals surface area contributed by atoms with Crippen LogP contribution in [0.2, 0.25) is 19.6 Å². The summed E-state index contributed by atoms with van der Waals surface area (Å²) in [6.07, 6.45) is -0.184. The van der Waals surface area contributed by atoms with Crippen LogP contribution in [-0.2, 0) is 14.0 Å². The zero-order valence-corrected chi connectivity index (χ0v) is 12.1. The summed E-state index contributed by atoms with van der Waals surface area (Å²) in [5.41, 5.74) is 0. The summed E-state index contributed by atoms with van der Waals surface area (Å²) in [5, 5.41) is 0. The van der Waals surface area contributed by atoms with Crippen molar-refractivity contribution < 1.29 is 14.0 Å². The van der Waals surface area contributed by atoms with E-state index in [0.717, 1.165) is 0 Å². The lowest BCUT2D eigenvalue weighted by Crippen LogP contribution is -2.34. The van der Waals surface area contributed by atoms with E-state index in [-0.39, 0.29) is 12.0 Å². The van der Waals surface area contributed by atoms with Gasteiger partial charge in [-0.2, -0.15) is 0 Å². The van der Waals surface area contributed by atoms with E-state index in [0.29, 0.717) is 6.61 Å². The van der Waals surface area contributed by atoms with Crippen molar-refractivity contribution in [2.45, 2.75) is 46.5 Å². The second-order valence-electron chi connectivity index (χ2n) is 4.88. The Labute approximate surface area is 99.6 Å². The van der Waals surface area contributed by atoms with Crippen molar-refractivity contribution in [1.82, 2.24) is 0 Å². The molecule has 0 aromatic carbocycles. The summed E-state index contributed by atoms with van der Waals surface area (Å²) >= 11 is 0. The zero-order chi connectivity index (χ0) is 12.8. The van der Waals surface area contributed by atoms with Crippen molar-refractivity contribution in [1.29, 1.82) is 0 Å².